The van der Waals surface area contributed by atoms with Crippen LogP contribution in [-0.4, -0.2) is 43.9 Å². The molecule has 1 aromatic heterocycles. The van der Waals surface area contributed by atoms with Gasteiger partial charge in [-0.3, -0.25) is 9.59 Å². The van der Waals surface area contributed by atoms with Crippen LogP contribution in [0.4, 0.5) is 18.9 Å². The van der Waals surface area contributed by atoms with Crippen LogP contribution in [0.15, 0.2) is 41.8 Å². The van der Waals surface area contributed by atoms with Crippen molar-refractivity contribution < 1.29 is 22.8 Å². The minimum absolute atomic E-state index is 0.00984. The molecule has 2 aromatic rings. The molecule has 1 N–H and O–H groups in total. The van der Waals surface area contributed by atoms with Crippen molar-refractivity contribution in [1.29, 1.82) is 0 Å². The molecule has 1 fully saturated rings. The van der Waals surface area contributed by atoms with E-state index >= 15 is 0 Å². The highest BCUT2D eigenvalue weighted by Crippen LogP contribution is 2.33. The van der Waals surface area contributed by atoms with Gasteiger partial charge in [-0.15, -0.1) is 11.3 Å². The van der Waals surface area contributed by atoms with E-state index in [9.17, 15) is 22.8 Å². The second-order valence-corrected chi connectivity index (χ2v) is 8.17. The number of anilines is 1. The van der Waals surface area contributed by atoms with Gasteiger partial charge in [0.25, 0.3) is 0 Å². The topological polar surface area (TPSA) is 52.7 Å². The summed E-state index contributed by atoms with van der Waals surface area (Å²) in [4.78, 5) is 29.3. The molecule has 1 aliphatic heterocycles. The zero-order valence-electron chi connectivity index (χ0n) is 16.1. The van der Waals surface area contributed by atoms with Crippen molar-refractivity contribution in [3.05, 3.63) is 52.2 Å². The maximum atomic E-state index is 12.9. The Morgan fingerprint density at radius 3 is 2.69 bits per heavy atom. The number of likely N-dealkylation sites (N-methyl/N-ethyl adjacent to an activating group) is 1. The number of rotatable bonds is 6. The molecule has 29 heavy (non-hydrogen) atoms. The van der Waals surface area contributed by atoms with E-state index in [1.807, 2.05) is 36.5 Å². The average Bonchev–Trinajstić information content (AvgIpc) is 3.31. The fraction of sp³-hybridized carbons (Fsp3) is 0.400. The number of thiophene rings is 1. The van der Waals surface area contributed by atoms with E-state index in [-0.39, 0.29) is 36.5 Å². The molecule has 0 unspecified atom stereocenters. The summed E-state index contributed by atoms with van der Waals surface area (Å²) in [5.41, 5.74) is -0.662. The van der Waals surface area contributed by atoms with Gasteiger partial charge in [0, 0.05) is 30.1 Å². The molecule has 2 heterocycles. The van der Waals surface area contributed by atoms with Crippen LogP contribution in [0, 0.1) is 5.92 Å². The van der Waals surface area contributed by atoms with Crippen LogP contribution in [-0.2, 0) is 15.8 Å². The van der Waals surface area contributed by atoms with E-state index in [1.165, 1.54) is 17.0 Å². The number of carbonyl (C=O) groups is 2. The Morgan fingerprint density at radius 2 is 2.07 bits per heavy atom. The third kappa shape index (κ3) is 4.97. The first-order valence-corrected chi connectivity index (χ1v) is 10.00. The summed E-state index contributed by atoms with van der Waals surface area (Å²) in [6.45, 7) is 0.457. The second kappa shape index (κ2) is 8.54. The van der Waals surface area contributed by atoms with Crippen molar-refractivity contribution in [2.45, 2.75) is 18.6 Å². The number of benzene rings is 1. The Bertz CT molecular complexity index is 868. The molecular formula is C20H22F3N3O2S. The molecule has 1 aromatic carbocycles. The molecule has 0 spiro atoms. The minimum Gasteiger partial charge on any atom is -0.354 e. The van der Waals surface area contributed by atoms with Crippen molar-refractivity contribution in [2.75, 3.05) is 32.1 Å². The summed E-state index contributed by atoms with van der Waals surface area (Å²) in [5, 5.41) is 4.86. The first kappa shape index (κ1) is 21.3. The monoisotopic (exact) mass is 425 g/mol. The maximum Gasteiger partial charge on any atom is 0.416 e. The smallest absolute Gasteiger partial charge is 0.354 e. The molecule has 156 valence electrons. The average molecular weight is 425 g/mol. The summed E-state index contributed by atoms with van der Waals surface area (Å²) in [6, 6.07) is 8.57. The van der Waals surface area contributed by atoms with Crippen LogP contribution in [0.25, 0.3) is 0 Å². The van der Waals surface area contributed by atoms with E-state index in [2.05, 4.69) is 5.32 Å². The summed E-state index contributed by atoms with van der Waals surface area (Å²) in [5.74, 6) is -1.22. The van der Waals surface area contributed by atoms with Gasteiger partial charge in [-0.05, 0) is 43.7 Å². The summed E-state index contributed by atoms with van der Waals surface area (Å²) >= 11 is 1.60. The van der Waals surface area contributed by atoms with Crippen LogP contribution in [0.2, 0.25) is 0 Å². The molecular weight excluding hydrogens is 403 g/mol. The van der Waals surface area contributed by atoms with Gasteiger partial charge in [-0.1, -0.05) is 12.1 Å². The van der Waals surface area contributed by atoms with E-state index in [4.69, 9.17) is 0 Å². The highest BCUT2D eigenvalue weighted by Gasteiger charge is 2.37. The molecule has 0 radical (unpaired) electrons. The number of amides is 2. The molecule has 2 amide bonds. The Balaban J connectivity index is 1.65. The maximum absolute atomic E-state index is 12.9. The molecule has 1 aliphatic rings. The lowest BCUT2D eigenvalue weighted by molar-refractivity contribution is -0.137. The van der Waals surface area contributed by atoms with Gasteiger partial charge in [0.1, 0.15) is 0 Å². The van der Waals surface area contributed by atoms with Crippen LogP contribution >= 0.6 is 11.3 Å². The molecule has 9 heteroatoms. The lowest BCUT2D eigenvalue weighted by atomic mass is 10.1. The zero-order valence-corrected chi connectivity index (χ0v) is 16.9. The molecule has 2 atom stereocenters. The standard InChI is InChI=1S/C20H22F3N3O2S/c1-25(2)16(17-7-4-8-29-17)11-24-19(28)13-9-18(27)26(12-13)15-6-3-5-14(10-15)20(21,22)23/h3-8,10,13,16H,9,11-12H2,1-2H3,(H,24,28)/t13-,16-/m1/s1. The molecule has 5 nitrogen and oxygen atoms in total. The van der Waals surface area contributed by atoms with Crippen molar-refractivity contribution in [1.82, 2.24) is 10.2 Å². The summed E-state index contributed by atoms with van der Waals surface area (Å²) < 4.78 is 38.8. The van der Waals surface area contributed by atoms with Crippen molar-refractivity contribution in [3.8, 4) is 0 Å². The van der Waals surface area contributed by atoms with E-state index < -0.39 is 17.7 Å². The number of halogens is 3. The van der Waals surface area contributed by atoms with Crippen molar-refractivity contribution in [3.63, 3.8) is 0 Å². The minimum atomic E-state index is -4.49. The predicted octanol–water partition coefficient (Wildman–Crippen LogP) is 3.54. The molecule has 1 saturated heterocycles. The lowest BCUT2D eigenvalue weighted by Gasteiger charge is -2.24. The Hall–Kier alpha value is -2.39. The normalized spacial score (nSPS) is 18.3. The number of carbonyl (C=O) groups excluding carboxylic acids is 2. The van der Waals surface area contributed by atoms with E-state index in [1.54, 1.807) is 11.3 Å². The van der Waals surface area contributed by atoms with E-state index in [0.717, 1.165) is 17.0 Å². The Labute approximate surface area is 171 Å². The first-order chi connectivity index (χ1) is 13.7. The van der Waals surface area contributed by atoms with Gasteiger partial charge in [0.05, 0.1) is 17.5 Å². The molecule has 0 bridgehead atoms. The largest absolute Gasteiger partial charge is 0.416 e. The van der Waals surface area contributed by atoms with Crippen LogP contribution in [0.1, 0.15) is 22.9 Å². The second-order valence-electron chi connectivity index (χ2n) is 7.19. The third-order valence-corrected chi connectivity index (χ3v) is 5.92. The van der Waals surface area contributed by atoms with Gasteiger partial charge in [0.2, 0.25) is 11.8 Å². The summed E-state index contributed by atoms with van der Waals surface area (Å²) in [6.07, 6.45) is -4.51. The van der Waals surface area contributed by atoms with Crippen LogP contribution in [0.3, 0.4) is 0 Å². The van der Waals surface area contributed by atoms with Crippen molar-refractivity contribution in [2.24, 2.45) is 5.92 Å². The summed E-state index contributed by atoms with van der Waals surface area (Å²) in [7, 11) is 3.84. The lowest BCUT2D eigenvalue weighted by Crippen LogP contribution is -2.38. The number of alkyl halides is 3. The van der Waals surface area contributed by atoms with Crippen molar-refractivity contribution >= 4 is 28.8 Å². The number of hydrogen-bond donors (Lipinski definition) is 1. The fourth-order valence-corrected chi connectivity index (χ4v) is 4.27. The number of hydrogen-bond acceptors (Lipinski definition) is 4. The zero-order chi connectivity index (χ0) is 21.2. The molecule has 3 rings (SSSR count). The Morgan fingerprint density at radius 1 is 1.31 bits per heavy atom. The van der Waals surface area contributed by atoms with E-state index in [0.29, 0.717) is 6.54 Å². The fourth-order valence-electron chi connectivity index (χ4n) is 3.34. The van der Waals surface area contributed by atoms with Gasteiger partial charge in [0.15, 0.2) is 0 Å². The molecule has 0 saturated carbocycles. The third-order valence-electron chi connectivity index (χ3n) is 4.95. The van der Waals surface area contributed by atoms with Crippen LogP contribution < -0.4 is 10.2 Å². The predicted molar refractivity (Wildman–Crippen MR) is 106 cm³/mol. The first-order valence-electron chi connectivity index (χ1n) is 9.12. The SMILES string of the molecule is CN(C)[C@H](CNC(=O)[C@@H]1CC(=O)N(c2cccc(C(F)(F)F)c2)C1)c1cccs1. The quantitative estimate of drug-likeness (QED) is 0.770. The van der Waals surface area contributed by atoms with Gasteiger partial charge in [-0.2, -0.15) is 13.2 Å². The highest BCUT2D eigenvalue weighted by atomic mass is 32.1. The van der Waals surface area contributed by atoms with Crippen LogP contribution in [0.5, 0.6) is 0 Å². The van der Waals surface area contributed by atoms with Gasteiger partial charge >= 0.3 is 6.18 Å². The van der Waals surface area contributed by atoms with Gasteiger partial charge in [-0.25, -0.2) is 0 Å². The van der Waals surface area contributed by atoms with Gasteiger partial charge < -0.3 is 15.1 Å². The number of nitrogens with one attached hydrogen (secondary N) is 1. The number of nitrogens with zero attached hydrogens (tertiary/aromatic N) is 2. The Kier molecular flexibility index (Phi) is 6.28. The molecule has 0 aliphatic carbocycles. The highest BCUT2D eigenvalue weighted by molar-refractivity contribution is 7.10.